The van der Waals surface area contributed by atoms with E-state index in [-0.39, 0.29) is 4.90 Å². The van der Waals surface area contributed by atoms with Crippen molar-refractivity contribution >= 4 is 21.4 Å². The quantitative estimate of drug-likeness (QED) is 0.646. The Kier molecular flexibility index (Phi) is 5.65. The fourth-order valence-corrected chi connectivity index (χ4v) is 4.51. The Morgan fingerprint density at radius 2 is 1.90 bits per heavy atom. The van der Waals surface area contributed by atoms with Gasteiger partial charge in [0.1, 0.15) is 5.75 Å². The molecule has 1 aliphatic rings. The van der Waals surface area contributed by atoms with Crippen LogP contribution in [0.3, 0.4) is 0 Å². The molecule has 0 spiro atoms. The molecule has 1 N–H and O–H groups in total. The van der Waals surface area contributed by atoms with Gasteiger partial charge in [0, 0.05) is 37.4 Å². The number of methoxy groups -OCH3 is 1. The fourth-order valence-electron chi connectivity index (χ4n) is 3.44. The summed E-state index contributed by atoms with van der Waals surface area (Å²) >= 11 is 0. The second-order valence-corrected chi connectivity index (χ2v) is 8.86. The van der Waals surface area contributed by atoms with Gasteiger partial charge in [-0.1, -0.05) is 12.1 Å². The van der Waals surface area contributed by atoms with Crippen LogP contribution in [0.25, 0.3) is 11.3 Å². The lowest BCUT2D eigenvalue weighted by Gasteiger charge is -2.34. The number of rotatable bonds is 6. The third-order valence-corrected chi connectivity index (χ3v) is 6.52. The first-order chi connectivity index (χ1) is 14.5. The highest BCUT2D eigenvalue weighted by atomic mass is 32.2. The topological polar surface area (TPSA) is 87.9 Å². The summed E-state index contributed by atoms with van der Waals surface area (Å²) in [5.74, 6) is 1.23. The molecule has 1 aliphatic heterocycles. The summed E-state index contributed by atoms with van der Waals surface area (Å²) in [4.78, 5) is 8.48. The average Bonchev–Trinajstić information content (AvgIpc) is 3.29. The standard InChI is InChI=1S/C21H24N4O4S/c1-24-8-10-25(11-9-24)19-13-18(6-7-20(19)28-2)30(26,27)23-17-5-3-4-16(12-17)21-14-22-15-29-21/h3-7,12-15,23H,8-11H2,1-2H3. The van der Waals surface area contributed by atoms with Crippen LogP contribution >= 0.6 is 0 Å². The summed E-state index contributed by atoms with van der Waals surface area (Å²) in [5, 5.41) is 0. The van der Waals surface area contributed by atoms with Crippen molar-refractivity contribution in [1.29, 1.82) is 0 Å². The van der Waals surface area contributed by atoms with E-state index in [0.29, 0.717) is 17.2 Å². The van der Waals surface area contributed by atoms with Gasteiger partial charge in [-0.05, 0) is 37.4 Å². The highest BCUT2D eigenvalue weighted by Crippen LogP contribution is 2.32. The number of benzene rings is 2. The van der Waals surface area contributed by atoms with Crippen molar-refractivity contribution in [3.05, 3.63) is 55.1 Å². The molecule has 2 heterocycles. The zero-order valence-electron chi connectivity index (χ0n) is 16.9. The van der Waals surface area contributed by atoms with Gasteiger partial charge >= 0.3 is 0 Å². The van der Waals surface area contributed by atoms with Gasteiger partial charge in [0.05, 0.1) is 23.9 Å². The van der Waals surface area contributed by atoms with E-state index in [1.807, 2.05) is 6.07 Å². The first-order valence-electron chi connectivity index (χ1n) is 9.59. The number of nitrogens with zero attached hydrogens (tertiary/aromatic N) is 3. The summed E-state index contributed by atoms with van der Waals surface area (Å²) in [7, 11) is -0.115. The van der Waals surface area contributed by atoms with E-state index in [1.165, 1.54) is 6.39 Å². The summed E-state index contributed by atoms with van der Waals surface area (Å²) in [6.45, 7) is 3.44. The van der Waals surface area contributed by atoms with Crippen molar-refractivity contribution in [2.24, 2.45) is 0 Å². The normalized spacial score (nSPS) is 15.2. The number of aromatic nitrogens is 1. The Labute approximate surface area is 176 Å². The zero-order valence-corrected chi connectivity index (χ0v) is 17.7. The fraction of sp³-hybridized carbons (Fsp3) is 0.286. The second-order valence-electron chi connectivity index (χ2n) is 7.18. The van der Waals surface area contributed by atoms with Gasteiger partial charge in [-0.3, -0.25) is 4.72 Å². The van der Waals surface area contributed by atoms with Gasteiger partial charge < -0.3 is 19.0 Å². The first-order valence-corrected chi connectivity index (χ1v) is 11.1. The summed E-state index contributed by atoms with van der Waals surface area (Å²) in [6.07, 6.45) is 2.92. The molecular weight excluding hydrogens is 404 g/mol. The number of sulfonamides is 1. The van der Waals surface area contributed by atoms with Gasteiger partial charge in [0.15, 0.2) is 12.2 Å². The number of likely N-dealkylation sites (N-methyl/N-ethyl adjacent to an activating group) is 1. The Morgan fingerprint density at radius 1 is 1.10 bits per heavy atom. The predicted octanol–water partition coefficient (Wildman–Crippen LogP) is 2.90. The number of hydrogen-bond acceptors (Lipinski definition) is 7. The molecule has 0 unspecified atom stereocenters. The minimum absolute atomic E-state index is 0.183. The van der Waals surface area contributed by atoms with E-state index in [1.54, 1.807) is 49.7 Å². The van der Waals surface area contributed by atoms with Crippen molar-refractivity contribution in [1.82, 2.24) is 9.88 Å². The molecule has 1 saturated heterocycles. The lowest BCUT2D eigenvalue weighted by atomic mass is 10.2. The van der Waals surface area contributed by atoms with Crippen LogP contribution in [-0.2, 0) is 10.0 Å². The van der Waals surface area contributed by atoms with Crippen molar-refractivity contribution in [2.75, 3.05) is 50.0 Å². The first kappa shape index (κ1) is 20.2. The van der Waals surface area contributed by atoms with Crippen LogP contribution in [0.2, 0.25) is 0 Å². The molecule has 0 amide bonds. The van der Waals surface area contributed by atoms with Crippen molar-refractivity contribution in [2.45, 2.75) is 4.90 Å². The third-order valence-electron chi connectivity index (χ3n) is 5.14. The monoisotopic (exact) mass is 428 g/mol. The molecule has 2 aromatic carbocycles. The number of nitrogens with one attached hydrogen (secondary N) is 1. The van der Waals surface area contributed by atoms with Crippen LogP contribution in [0.4, 0.5) is 11.4 Å². The van der Waals surface area contributed by atoms with Gasteiger partial charge in [-0.2, -0.15) is 0 Å². The Balaban J connectivity index is 1.61. The molecule has 30 heavy (non-hydrogen) atoms. The minimum atomic E-state index is -3.78. The summed E-state index contributed by atoms with van der Waals surface area (Å²) < 4.78 is 39.6. The molecule has 0 radical (unpaired) electrons. The molecular formula is C21H24N4O4S. The van der Waals surface area contributed by atoms with E-state index >= 15 is 0 Å². The van der Waals surface area contributed by atoms with Crippen molar-refractivity contribution in [3.8, 4) is 17.1 Å². The molecule has 1 aromatic heterocycles. The SMILES string of the molecule is COc1ccc(S(=O)(=O)Nc2cccc(-c3cnco3)c2)cc1N1CCN(C)CC1. The smallest absolute Gasteiger partial charge is 0.261 e. The lowest BCUT2D eigenvalue weighted by molar-refractivity contribution is 0.311. The van der Waals surface area contributed by atoms with Crippen molar-refractivity contribution < 1.29 is 17.6 Å². The molecule has 0 atom stereocenters. The molecule has 3 aromatic rings. The summed E-state index contributed by atoms with van der Waals surface area (Å²) in [5.41, 5.74) is 1.96. The number of piperazine rings is 1. The summed E-state index contributed by atoms with van der Waals surface area (Å²) in [6, 6.07) is 11.9. The Morgan fingerprint density at radius 3 is 2.60 bits per heavy atom. The number of hydrogen-bond donors (Lipinski definition) is 1. The van der Waals surface area contributed by atoms with Crippen LogP contribution in [0, 0.1) is 0 Å². The van der Waals surface area contributed by atoms with E-state index in [2.05, 4.69) is 26.6 Å². The highest BCUT2D eigenvalue weighted by Gasteiger charge is 2.22. The molecule has 158 valence electrons. The minimum Gasteiger partial charge on any atom is -0.495 e. The maximum absolute atomic E-state index is 13.1. The van der Waals surface area contributed by atoms with E-state index in [4.69, 9.17) is 9.15 Å². The van der Waals surface area contributed by atoms with Crippen LogP contribution in [0.15, 0.2) is 64.4 Å². The number of anilines is 2. The number of oxazole rings is 1. The van der Waals surface area contributed by atoms with E-state index < -0.39 is 10.0 Å². The van der Waals surface area contributed by atoms with Crippen LogP contribution in [0.5, 0.6) is 5.75 Å². The van der Waals surface area contributed by atoms with Gasteiger partial charge in [-0.15, -0.1) is 0 Å². The molecule has 0 aliphatic carbocycles. The Bertz CT molecular complexity index is 1110. The molecule has 0 saturated carbocycles. The maximum Gasteiger partial charge on any atom is 0.261 e. The van der Waals surface area contributed by atoms with Crippen LogP contribution in [0.1, 0.15) is 0 Å². The molecule has 0 bridgehead atoms. The average molecular weight is 429 g/mol. The molecule has 9 heteroatoms. The van der Waals surface area contributed by atoms with Gasteiger partial charge in [0.25, 0.3) is 10.0 Å². The predicted molar refractivity (Wildman–Crippen MR) is 115 cm³/mol. The van der Waals surface area contributed by atoms with Crippen molar-refractivity contribution in [3.63, 3.8) is 0 Å². The molecule has 4 rings (SSSR count). The maximum atomic E-state index is 13.1. The third kappa shape index (κ3) is 4.27. The van der Waals surface area contributed by atoms with E-state index in [0.717, 1.165) is 37.4 Å². The zero-order chi connectivity index (χ0) is 21.1. The highest BCUT2D eigenvalue weighted by molar-refractivity contribution is 7.92. The van der Waals surface area contributed by atoms with Gasteiger partial charge in [0.2, 0.25) is 0 Å². The van der Waals surface area contributed by atoms with Crippen LogP contribution in [-0.4, -0.2) is 58.6 Å². The Hall–Kier alpha value is -3.04. The molecule has 1 fully saturated rings. The number of ether oxygens (including phenoxy) is 1. The van der Waals surface area contributed by atoms with Gasteiger partial charge in [-0.25, -0.2) is 13.4 Å². The lowest BCUT2D eigenvalue weighted by Crippen LogP contribution is -2.44. The second kappa shape index (κ2) is 8.37. The van der Waals surface area contributed by atoms with Crippen LogP contribution < -0.4 is 14.4 Å². The molecule has 8 nitrogen and oxygen atoms in total. The van der Waals surface area contributed by atoms with E-state index in [9.17, 15) is 8.42 Å². The largest absolute Gasteiger partial charge is 0.495 e.